The van der Waals surface area contributed by atoms with E-state index in [0.29, 0.717) is 13.0 Å². The van der Waals surface area contributed by atoms with Gasteiger partial charge in [0.2, 0.25) is 5.91 Å². The molecule has 0 bridgehead atoms. The molecule has 0 saturated carbocycles. The van der Waals surface area contributed by atoms with E-state index in [1.807, 2.05) is 24.3 Å². The number of carbonyl (C=O) groups excluding carboxylic acids is 2. The molecule has 2 aliphatic heterocycles. The van der Waals surface area contributed by atoms with Gasteiger partial charge in [-0.1, -0.05) is 0 Å². The lowest BCUT2D eigenvalue weighted by atomic mass is 10.2. The number of nitrogens with zero attached hydrogens (tertiary/aromatic N) is 2. The van der Waals surface area contributed by atoms with E-state index >= 15 is 0 Å². The van der Waals surface area contributed by atoms with E-state index in [1.165, 1.54) is 5.69 Å². The summed E-state index contributed by atoms with van der Waals surface area (Å²) in [4.78, 5) is 26.9. The quantitative estimate of drug-likeness (QED) is 0.850. The molecule has 2 N–H and O–H groups in total. The van der Waals surface area contributed by atoms with Gasteiger partial charge in [-0.2, -0.15) is 0 Å². The smallest absolute Gasteiger partial charge is 0.328 e. The first kappa shape index (κ1) is 13.9. The molecule has 6 heteroatoms. The number of anilines is 2. The molecule has 2 aliphatic rings. The molecule has 1 aromatic rings. The van der Waals surface area contributed by atoms with Crippen molar-refractivity contribution in [2.75, 3.05) is 42.5 Å². The lowest BCUT2D eigenvalue weighted by Gasteiger charge is -2.27. The first-order valence-electron chi connectivity index (χ1n) is 7.41. The van der Waals surface area contributed by atoms with E-state index in [-0.39, 0.29) is 11.9 Å². The van der Waals surface area contributed by atoms with E-state index < -0.39 is 0 Å². The second-order valence-corrected chi connectivity index (χ2v) is 5.36. The zero-order valence-corrected chi connectivity index (χ0v) is 12.0. The molecule has 0 aromatic heterocycles. The highest BCUT2D eigenvalue weighted by atomic mass is 16.2. The van der Waals surface area contributed by atoms with Crippen LogP contribution >= 0.6 is 0 Å². The van der Waals surface area contributed by atoms with Crippen molar-refractivity contribution in [2.24, 2.45) is 0 Å². The molecule has 2 fully saturated rings. The average molecular weight is 288 g/mol. The van der Waals surface area contributed by atoms with Gasteiger partial charge >= 0.3 is 6.03 Å². The van der Waals surface area contributed by atoms with Gasteiger partial charge in [0.1, 0.15) is 0 Å². The molecular weight excluding hydrogens is 268 g/mol. The van der Waals surface area contributed by atoms with Crippen LogP contribution in [0.4, 0.5) is 16.2 Å². The molecule has 1 aromatic carbocycles. The molecular formula is C15H20N4O2. The molecule has 0 radical (unpaired) electrons. The van der Waals surface area contributed by atoms with Crippen molar-refractivity contribution in [2.45, 2.75) is 12.8 Å². The van der Waals surface area contributed by atoms with Crippen LogP contribution in [0.25, 0.3) is 0 Å². The van der Waals surface area contributed by atoms with Crippen LogP contribution in [-0.4, -0.2) is 44.7 Å². The van der Waals surface area contributed by atoms with Crippen LogP contribution < -0.4 is 20.4 Å². The molecule has 112 valence electrons. The third-order valence-corrected chi connectivity index (χ3v) is 3.92. The van der Waals surface area contributed by atoms with Gasteiger partial charge in [-0.3, -0.25) is 15.0 Å². The first-order chi connectivity index (χ1) is 10.2. The Labute approximate surface area is 124 Å². The normalized spacial score (nSPS) is 20.2. The molecule has 6 nitrogen and oxygen atoms in total. The minimum absolute atomic E-state index is 0.204. The maximum Gasteiger partial charge on any atom is 0.328 e. The third-order valence-electron chi connectivity index (χ3n) is 3.92. The van der Waals surface area contributed by atoms with Gasteiger partial charge < -0.3 is 10.2 Å². The van der Waals surface area contributed by atoms with Crippen molar-refractivity contribution in [3.63, 3.8) is 0 Å². The highest BCUT2D eigenvalue weighted by Crippen LogP contribution is 2.22. The highest BCUT2D eigenvalue weighted by Gasteiger charge is 2.24. The van der Waals surface area contributed by atoms with E-state index in [9.17, 15) is 9.59 Å². The van der Waals surface area contributed by atoms with Crippen LogP contribution in [0.5, 0.6) is 0 Å². The number of hydrogen-bond acceptors (Lipinski definition) is 4. The summed E-state index contributed by atoms with van der Waals surface area (Å²) < 4.78 is 0. The number of amides is 3. The predicted molar refractivity (Wildman–Crippen MR) is 81.6 cm³/mol. The molecule has 0 unspecified atom stereocenters. The Morgan fingerprint density at radius 2 is 1.67 bits per heavy atom. The van der Waals surface area contributed by atoms with Crippen molar-refractivity contribution in [3.05, 3.63) is 24.3 Å². The summed E-state index contributed by atoms with van der Waals surface area (Å²) in [7, 11) is 0. The summed E-state index contributed by atoms with van der Waals surface area (Å²) in [6.45, 7) is 4.55. The molecule has 0 spiro atoms. The number of rotatable bonds is 2. The van der Waals surface area contributed by atoms with E-state index in [0.717, 1.165) is 38.3 Å². The minimum Gasteiger partial charge on any atom is -0.370 e. The lowest BCUT2D eigenvalue weighted by molar-refractivity contribution is -0.120. The summed E-state index contributed by atoms with van der Waals surface area (Å²) in [5.74, 6) is -0.204. The number of urea groups is 1. The van der Waals surface area contributed by atoms with Gasteiger partial charge in [-0.15, -0.1) is 0 Å². The van der Waals surface area contributed by atoms with Gasteiger partial charge in [-0.25, -0.2) is 4.79 Å². The van der Waals surface area contributed by atoms with Crippen LogP contribution in [-0.2, 0) is 4.79 Å². The zero-order valence-electron chi connectivity index (χ0n) is 12.0. The maximum absolute atomic E-state index is 11.8. The molecule has 3 rings (SSSR count). The Balaban J connectivity index is 1.71. The largest absolute Gasteiger partial charge is 0.370 e. The fourth-order valence-corrected chi connectivity index (χ4v) is 2.76. The Kier molecular flexibility index (Phi) is 4.06. The van der Waals surface area contributed by atoms with Crippen LogP contribution in [0.3, 0.4) is 0 Å². The minimum atomic E-state index is -0.335. The summed E-state index contributed by atoms with van der Waals surface area (Å²) in [5, 5.41) is 5.73. The standard InChI is InChI=1S/C15H20N4O2/c20-14-6-10-19(15(21)17-14)13-4-2-12(3-5-13)18-9-1-7-16-8-11-18/h2-5,16H,1,6-11H2,(H,17,20,21). The van der Waals surface area contributed by atoms with Crippen LogP contribution in [0, 0.1) is 0 Å². The van der Waals surface area contributed by atoms with Crippen molar-refractivity contribution >= 4 is 23.3 Å². The van der Waals surface area contributed by atoms with Crippen molar-refractivity contribution in [1.29, 1.82) is 0 Å². The van der Waals surface area contributed by atoms with Gasteiger partial charge in [-0.05, 0) is 37.2 Å². The average Bonchev–Trinajstić information content (AvgIpc) is 2.77. The van der Waals surface area contributed by atoms with Crippen molar-refractivity contribution < 1.29 is 9.59 Å². The lowest BCUT2D eigenvalue weighted by Crippen LogP contribution is -2.49. The van der Waals surface area contributed by atoms with Gasteiger partial charge in [0, 0.05) is 44.0 Å². The second-order valence-electron chi connectivity index (χ2n) is 5.36. The van der Waals surface area contributed by atoms with Gasteiger partial charge in [0.05, 0.1) is 0 Å². The zero-order chi connectivity index (χ0) is 14.7. The Bertz CT molecular complexity index is 521. The topological polar surface area (TPSA) is 64.7 Å². The number of nitrogens with one attached hydrogen (secondary N) is 2. The van der Waals surface area contributed by atoms with Crippen molar-refractivity contribution in [1.82, 2.24) is 10.6 Å². The van der Waals surface area contributed by atoms with E-state index in [4.69, 9.17) is 0 Å². The number of benzene rings is 1. The summed E-state index contributed by atoms with van der Waals surface area (Å²) >= 11 is 0. The Morgan fingerprint density at radius 1 is 0.905 bits per heavy atom. The van der Waals surface area contributed by atoms with Gasteiger partial charge in [0.25, 0.3) is 0 Å². The Hall–Kier alpha value is -2.08. The Morgan fingerprint density at radius 3 is 2.43 bits per heavy atom. The van der Waals surface area contributed by atoms with Crippen LogP contribution in [0.15, 0.2) is 24.3 Å². The van der Waals surface area contributed by atoms with Crippen molar-refractivity contribution in [3.8, 4) is 0 Å². The highest BCUT2D eigenvalue weighted by molar-refractivity contribution is 6.05. The monoisotopic (exact) mass is 288 g/mol. The van der Waals surface area contributed by atoms with Gasteiger partial charge in [0.15, 0.2) is 0 Å². The fourth-order valence-electron chi connectivity index (χ4n) is 2.76. The number of hydrogen-bond donors (Lipinski definition) is 2. The van der Waals surface area contributed by atoms with E-state index in [2.05, 4.69) is 15.5 Å². The molecule has 21 heavy (non-hydrogen) atoms. The molecule has 3 amide bonds. The first-order valence-corrected chi connectivity index (χ1v) is 7.41. The summed E-state index contributed by atoms with van der Waals surface area (Å²) in [6.07, 6.45) is 1.49. The summed E-state index contributed by atoms with van der Waals surface area (Å²) in [5.41, 5.74) is 2.01. The SMILES string of the molecule is O=C1CCN(c2ccc(N3CCCNCC3)cc2)C(=O)N1. The number of imide groups is 1. The molecule has 2 heterocycles. The van der Waals surface area contributed by atoms with Crippen LogP contribution in [0.2, 0.25) is 0 Å². The predicted octanol–water partition coefficient (Wildman–Crippen LogP) is 0.933. The van der Waals surface area contributed by atoms with Crippen LogP contribution in [0.1, 0.15) is 12.8 Å². The molecule has 0 aliphatic carbocycles. The third kappa shape index (κ3) is 3.16. The molecule has 2 saturated heterocycles. The van der Waals surface area contributed by atoms with E-state index in [1.54, 1.807) is 4.90 Å². The summed E-state index contributed by atoms with van der Waals surface area (Å²) in [6, 6.07) is 7.65. The molecule has 0 atom stereocenters. The second kappa shape index (κ2) is 6.13. The number of carbonyl (C=O) groups is 2. The fraction of sp³-hybridized carbons (Fsp3) is 0.467. The maximum atomic E-state index is 11.8.